The van der Waals surface area contributed by atoms with Crippen molar-refractivity contribution in [2.75, 3.05) is 25.9 Å². The summed E-state index contributed by atoms with van der Waals surface area (Å²) >= 11 is 0. The number of hydrogen-bond acceptors (Lipinski definition) is 4. The van der Waals surface area contributed by atoms with Gasteiger partial charge in [-0.1, -0.05) is 0 Å². The van der Waals surface area contributed by atoms with Crippen LogP contribution in [0.5, 0.6) is 0 Å². The molecule has 0 aliphatic carbocycles. The van der Waals surface area contributed by atoms with Gasteiger partial charge in [-0.3, -0.25) is 0 Å². The van der Waals surface area contributed by atoms with Crippen molar-refractivity contribution in [3.05, 3.63) is 23.8 Å². The molecule has 1 heterocycles. The maximum absolute atomic E-state index is 12.4. The number of aryl methyl sites for hydroxylation is 1. The molecular formula is C13H20N2O3S. The van der Waals surface area contributed by atoms with Gasteiger partial charge in [-0.2, -0.15) is 4.31 Å². The summed E-state index contributed by atoms with van der Waals surface area (Å²) in [6.07, 6.45) is 1.93. The first-order chi connectivity index (χ1) is 8.91. The molecule has 1 aromatic rings. The van der Waals surface area contributed by atoms with E-state index in [1.165, 1.54) is 4.31 Å². The molecule has 106 valence electrons. The second-order valence-electron chi connectivity index (χ2n) is 4.94. The van der Waals surface area contributed by atoms with E-state index in [2.05, 4.69) is 0 Å². The topological polar surface area (TPSA) is 72.6 Å². The highest BCUT2D eigenvalue weighted by molar-refractivity contribution is 7.89. The Balaban J connectivity index is 2.18. The van der Waals surface area contributed by atoms with Gasteiger partial charge in [-0.25, -0.2) is 8.42 Å². The molecule has 1 saturated heterocycles. The van der Waals surface area contributed by atoms with Gasteiger partial charge in [-0.05, 0) is 43.5 Å². The Labute approximate surface area is 114 Å². The van der Waals surface area contributed by atoms with Gasteiger partial charge in [0.25, 0.3) is 0 Å². The molecule has 2 rings (SSSR count). The number of anilines is 1. The number of ether oxygens (including phenoxy) is 1. The molecule has 0 aromatic heterocycles. The van der Waals surface area contributed by atoms with Gasteiger partial charge in [0.1, 0.15) is 0 Å². The first-order valence-corrected chi connectivity index (χ1v) is 7.79. The summed E-state index contributed by atoms with van der Waals surface area (Å²) in [4.78, 5) is 0.277. The minimum atomic E-state index is -3.47. The Morgan fingerprint density at radius 2 is 2.21 bits per heavy atom. The van der Waals surface area contributed by atoms with Gasteiger partial charge in [0.05, 0.1) is 11.0 Å². The molecule has 1 aliphatic rings. The van der Waals surface area contributed by atoms with Gasteiger partial charge in [-0.15, -0.1) is 0 Å². The SMILES string of the molecule is Cc1cc(S(=O)(=O)N(C)CC2CCCO2)ccc1N. The Morgan fingerprint density at radius 3 is 2.79 bits per heavy atom. The molecule has 1 aromatic carbocycles. The summed E-state index contributed by atoms with van der Waals surface area (Å²) in [5.74, 6) is 0. The average molecular weight is 284 g/mol. The molecule has 1 fully saturated rings. The zero-order valence-corrected chi connectivity index (χ0v) is 12.1. The molecule has 1 atom stereocenters. The van der Waals surface area contributed by atoms with E-state index in [-0.39, 0.29) is 11.0 Å². The third-order valence-corrected chi connectivity index (χ3v) is 5.25. The van der Waals surface area contributed by atoms with Crippen LogP contribution < -0.4 is 5.73 Å². The van der Waals surface area contributed by atoms with Crippen LogP contribution in [0, 0.1) is 6.92 Å². The zero-order chi connectivity index (χ0) is 14.0. The van der Waals surface area contributed by atoms with Crippen molar-refractivity contribution in [3.63, 3.8) is 0 Å². The van der Waals surface area contributed by atoms with Gasteiger partial charge < -0.3 is 10.5 Å². The van der Waals surface area contributed by atoms with Crippen molar-refractivity contribution in [2.24, 2.45) is 0 Å². The van der Waals surface area contributed by atoms with E-state index in [1.807, 2.05) is 0 Å². The third kappa shape index (κ3) is 3.08. The Kier molecular flexibility index (Phi) is 4.13. The lowest BCUT2D eigenvalue weighted by Gasteiger charge is -2.20. The lowest BCUT2D eigenvalue weighted by Crippen LogP contribution is -2.34. The van der Waals surface area contributed by atoms with Crippen LogP contribution in [0.15, 0.2) is 23.1 Å². The van der Waals surface area contributed by atoms with Crippen LogP contribution in [0.3, 0.4) is 0 Å². The highest BCUT2D eigenvalue weighted by Crippen LogP contribution is 2.21. The number of nitrogens with two attached hydrogens (primary N) is 1. The van der Waals surface area contributed by atoms with Crippen molar-refractivity contribution in [1.82, 2.24) is 4.31 Å². The van der Waals surface area contributed by atoms with Crippen molar-refractivity contribution >= 4 is 15.7 Å². The smallest absolute Gasteiger partial charge is 0.242 e. The van der Waals surface area contributed by atoms with Crippen LogP contribution >= 0.6 is 0 Å². The minimum absolute atomic E-state index is 0.00894. The fraction of sp³-hybridized carbons (Fsp3) is 0.538. The molecule has 2 N–H and O–H groups in total. The molecule has 0 saturated carbocycles. The lowest BCUT2D eigenvalue weighted by atomic mass is 10.2. The predicted molar refractivity (Wildman–Crippen MR) is 74.4 cm³/mol. The first-order valence-electron chi connectivity index (χ1n) is 6.35. The molecular weight excluding hydrogens is 264 g/mol. The summed E-state index contributed by atoms with van der Waals surface area (Å²) in [6.45, 7) is 2.92. The molecule has 0 bridgehead atoms. The zero-order valence-electron chi connectivity index (χ0n) is 11.3. The van der Waals surface area contributed by atoms with Gasteiger partial charge in [0, 0.05) is 25.9 Å². The van der Waals surface area contributed by atoms with Gasteiger partial charge in [0.2, 0.25) is 10.0 Å². The molecule has 1 aliphatic heterocycles. The average Bonchev–Trinajstić information content (AvgIpc) is 2.85. The number of sulfonamides is 1. The van der Waals surface area contributed by atoms with Crippen LogP contribution in [-0.4, -0.2) is 39.0 Å². The number of nitrogens with zero attached hydrogens (tertiary/aromatic N) is 1. The van der Waals surface area contributed by atoms with E-state index in [1.54, 1.807) is 32.2 Å². The van der Waals surface area contributed by atoms with E-state index >= 15 is 0 Å². The highest BCUT2D eigenvalue weighted by Gasteiger charge is 2.26. The molecule has 5 nitrogen and oxygen atoms in total. The van der Waals surface area contributed by atoms with Crippen LogP contribution in [-0.2, 0) is 14.8 Å². The van der Waals surface area contributed by atoms with Crippen LogP contribution in [0.2, 0.25) is 0 Å². The quantitative estimate of drug-likeness (QED) is 0.848. The number of hydrogen-bond donors (Lipinski definition) is 1. The standard InChI is InChI=1S/C13H20N2O3S/c1-10-8-12(5-6-13(10)14)19(16,17)15(2)9-11-4-3-7-18-11/h5-6,8,11H,3-4,7,9,14H2,1-2H3. The molecule has 1 unspecified atom stereocenters. The van der Waals surface area contributed by atoms with Crippen LogP contribution in [0.4, 0.5) is 5.69 Å². The summed E-state index contributed by atoms with van der Waals surface area (Å²) in [5.41, 5.74) is 7.08. The van der Waals surface area contributed by atoms with Crippen molar-refractivity contribution in [3.8, 4) is 0 Å². The van der Waals surface area contributed by atoms with Crippen LogP contribution in [0.25, 0.3) is 0 Å². The van der Waals surface area contributed by atoms with E-state index in [0.29, 0.717) is 12.2 Å². The normalized spacial score (nSPS) is 20.1. The highest BCUT2D eigenvalue weighted by atomic mass is 32.2. The van der Waals surface area contributed by atoms with E-state index in [0.717, 1.165) is 25.0 Å². The Hall–Kier alpha value is -1.11. The molecule has 0 amide bonds. The molecule has 19 heavy (non-hydrogen) atoms. The lowest BCUT2D eigenvalue weighted by molar-refractivity contribution is 0.0979. The molecule has 6 heteroatoms. The van der Waals surface area contributed by atoms with Gasteiger partial charge >= 0.3 is 0 Å². The molecule has 0 spiro atoms. The predicted octanol–water partition coefficient (Wildman–Crippen LogP) is 1.38. The Bertz CT molecular complexity index is 551. The van der Waals surface area contributed by atoms with E-state index in [4.69, 9.17) is 10.5 Å². The van der Waals surface area contributed by atoms with Crippen molar-refractivity contribution < 1.29 is 13.2 Å². The summed E-state index contributed by atoms with van der Waals surface area (Å²) in [5, 5.41) is 0. The maximum atomic E-state index is 12.4. The number of rotatable bonds is 4. The maximum Gasteiger partial charge on any atom is 0.242 e. The molecule has 0 radical (unpaired) electrons. The largest absolute Gasteiger partial charge is 0.399 e. The van der Waals surface area contributed by atoms with E-state index < -0.39 is 10.0 Å². The number of benzene rings is 1. The third-order valence-electron chi connectivity index (χ3n) is 3.43. The first kappa shape index (κ1) is 14.3. The fourth-order valence-electron chi connectivity index (χ4n) is 2.16. The monoisotopic (exact) mass is 284 g/mol. The number of likely N-dealkylation sites (N-methyl/N-ethyl adjacent to an activating group) is 1. The van der Waals surface area contributed by atoms with Crippen LogP contribution in [0.1, 0.15) is 18.4 Å². The Morgan fingerprint density at radius 1 is 1.47 bits per heavy atom. The summed E-state index contributed by atoms with van der Waals surface area (Å²) in [7, 11) is -1.88. The van der Waals surface area contributed by atoms with E-state index in [9.17, 15) is 8.42 Å². The summed E-state index contributed by atoms with van der Waals surface area (Å²) < 4.78 is 31.7. The second-order valence-corrected chi connectivity index (χ2v) is 6.98. The second kappa shape index (κ2) is 5.48. The van der Waals surface area contributed by atoms with Crippen molar-refractivity contribution in [2.45, 2.75) is 30.8 Å². The minimum Gasteiger partial charge on any atom is -0.399 e. The summed E-state index contributed by atoms with van der Waals surface area (Å²) in [6, 6.07) is 4.78. The fourth-order valence-corrected chi connectivity index (χ4v) is 3.45. The number of nitrogen functional groups attached to an aromatic ring is 1. The van der Waals surface area contributed by atoms with Crippen molar-refractivity contribution in [1.29, 1.82) is 0 Å². The van der Waals surface area contributed by atoms with Gasteiger partial charge in [0.15, 0.2) is 0 Å².